The summed E-state index contributed by atoms with van der Waals surface area (Å²) in [6, 6.07) is 6.80. The van der Waals surface area contributed by atoms with E-state index in [9.17, 15) is 4.39 Å². The van der Waals surface area contributed by atoms with E-state index in [-0.39, 0.29) is 11.9 Å². The van der Waals surface area contributed by atoms with Crippen molar-refractivity contribution in [1.82, 2.24) is 0 Å². The average Bonchev–Trinajstić information content (AvgIpc) is 2.37. The Morgan fingerprint density at radius 2 is 2.00 bits per heavy atom. The molecule has 102 valence electrons. The quantitative estimate of drug-likeness (QED) is 0.654. The van der Waals surface area contributed by atoms with E-state index in [1.807, 2.05) is 6.07 Å². The summed E-state index contributed by atoms with van der Waals surface area (Å²) >= 11 is 0. The van der Waals surface area contributed by atoms with Crippen molar-refractivity contribution in [2.45, 2.75) is 51.5 Å². The van der Waals surface area contributed by atoms with E-state index in [1.165, 1.54) is 44.2 Å². The van der Waals surface area contributed by atoms with E-state index < -0.39 is 0 Å². The SMILES string of the molecule is CCCCCCCC(CN)Nc1cccc(F)c1. The van der Waals surface area contributed by atoms with Crippen LogP contribution < -0.4 is 11.1 Å². The van der Waals surface area contributed by atoms with Gasteiger partial charge in [0.15, 0.2) is 0 Å². The lowest BCUT2D eigenvalue weighted by atomic mass is 10.1. The number of unbranched alkanes of at least 4 members (excludes halogenated alkanes) is 4. The Kier molecular flexibility index (Phi) is 7.42. The Labute approximate surface area is 110 Å². The smallest absolute Gasteiger partial charge is 0.125 e. The summed E-state index contributed by atoms with van der Waals surface area (Å²) in [6.45, 7) is 2.80. The molecule has 0 aromatic heterocycles. The number of nitrogens with one attached hydrogen (secondary N) is 1. The van der Waals surface area contributed by atoms with Crippen LogP contribution in [-0.2, 0) is 0 Å². The summed E-state index contributed by atoms with van der Waals surface area (Å²) in [6.07, 6.45) is 7.37. The largest absolute Gasteiger partial charge is 0.381 e. The molecule has 1 aromatic carbocycles. The first-order valence-corrected chi connectivity index (χ1v) is 6.98. The Balaban J connectivity index is 2.28. The van der Waals surface area contributed by atoms with Crippen LogP contribution in [0.5, 0.6) is 0 Å². The van der Waals surface area contributed by atoms with Gasteiger partial charge in [-0.2, -0.15) is 0 Å². The molecule has 18 heavy (non-hydrogen) atoms. The van der Waals surface area contributed by atoms with E-state index in [0.717, 1.165) is 12.1 Å². The zero-order valence-electron chi connectivity index (χ0n) is 11.3. The lowest BCUT2D eigenvalue weighted by Gasteiger charge is -2.18. The average molecular weight is 252 g/mol. The van der Waals surface area contributed by atoms with Crippen LogP contribution in [-0.4, -0.2) is 12.6 Å². The van der Waals surface area contributed by atoms with Gasteiger partial charge < -0.3 is 11.1 Å². The zero-order chi connectivity index (χ0) is 13.2. The summed E-state index contributed by atoms with van der Waals surface area (Å²) in [4.78, 5) is 0. The summed E-state index contributed by atoms with van der Waals surface area (Å²) < 4.78 is 13.0. The molecule has 0 heterocycles. The normalized spacial score (nSPS) is 12.4. The van der Waals surface area contributed by atoms with Crippen LogP contribution in [0.15, 0.2) is 24.3 Å². The van der Waals surface area contributed by atoms with E-state index >= 15 is 0 Å². The molecule has 0 bridgehead atoms. The van der Waals surface area contributed by atoms with Crippen molar-refractivity contribution in [3.8, 4) is 0 Å². The number of halogens is 1. The Hall–Kier alpha value is -1.09. The van der Waals surface area contributed by atoms with Gasteiger partial charge >= 0.3 is 0 Å². The fourth-order valence-corrected chi connectivity index (χ4v) is 2.06. The molecule has 0 spiro atoms. The third kappa shape index (κ3) is 6.01. The first-order valence-electron chi connectivity index (χ1n) is 6.98. The van der Waals surface area contributed by atoms with Crippen LogP contribution in [0.3, 0.4) is 0 Å². The molecule has 0 radical (unpaired) electrons. The van der Waals surface area contributed by atoms with E-state index in [2.05, 4.69) is 12.2 Å². The fraction of sp³-hybridized carbons (Fsp3) is 0.600. The highest BCUT2D eigenvalue weighted by Gasteiger charge is 2.06. The molecule has 0 aliphatic rings. The number of nitrogens with two attached hydrogens (primary N) is 1. The minimum atomic E-state index is -0.210. The lowest BCUT2D eigenvalue weighted by Crippen LogP contribution is -2.28. The van der Waals surface area contributed by atoms with Gasteiger partial charge in [-0.05, 0) is 24.6 Å². The van der Waals surface area contributed by atoms with Crippen molar-refractivity contribution in [2.75, 3.05) is 11.9 Å². The second-order valence-electron chi connectivity index (χ2n) is 4.79. The third-order valence-electron chi connectivity index (χ3n) is 3.14. The molecule has 0 saturated heterocycles. The van der Waals surface area contributed by atoms with Gasteiger partial charge in [0, 0.05) is 18.3 Å². The molecule has 1 unspecified atom stereocenters. The highest BCUT2D eigenvalue weighted by atomic mass is 19.1. The van der Waals surface area contributed by atoms with E-state index in [4.69, 9.17) is 5.73 Å². The van der Waals surface area contributed by atoms with Crippen molar-refractivity contribution >= 4 is 5.69 Å². The van der Waals surface area contributed by atoms with Crippen molar-refractivity contribution in [2.24, 2.45) is 5.73 Å². The maximum Gasteiger partial charge on any atom is 0.125 e. The van der Waals surface area contributed by atoms with Gasteiger partial charge in [-0.15, -0.1) is 0 Å². The predicted molar refractivity (Wildman–Crippen MR) is 76.2 cm³/mol. The van der Waals surface area contributed by atoms with Crippen LogP contribution in [0.2, 0.25) is 0 Å². The zero-order valence-corrected chi connectivity index (χ0v) is 11.3. The van der Waals surface area contributed by atoms with E-state index in [1.54, 1.807) is 6.07 Å². The van der Waals surface area contributed by atoms with Crippen LogP contribution in [0.4, 0.5) is 10.1 Å². The second kappa shape index (κ2) is 8.92. The molecule has 0 aliphatic heterocycles. The van der Waals surface area contributed by atoms with Gasteiger partial charge in [-0.3, -0.25) is 0 Å². The standard InChI is InChI=1S/C15H25FN2/c1-2-3-4-5-6-9-15(12-17)18-14-10-7-8-13(16)11-14/h7-8,10-11,15,18H,2-6,9,12,17H2,1H3. The lowest BCUT2D eigenvalue weighted by molar-refractivity contribution is 0.563. The molecule has 0 amide bonds. The molecule has 0 saturated carbocycles. The number of rotatable bonds is 9. The van der Waals surface area contributed by atoms with Crippen LogP contribution in [0.25, 0.3) is 0 Å². The van der Waals surface area contributed by atoms with Crippen molar-refractivity contribution in [1.29, 1.82) is 0 Å². The Morgan fingerprint density at radius 3 is 2.67 bits per heavy atom. The molecular weight excluding hydrogens is 227 g/mol. The third-order valence-corrected chi connectivity index (χ3v) is 3.14. The molecule has 2 nitrogen and oxygen atoms in total. The van der Waals surface area contributed by atoms with E-state index in [0.29, 0.717) is 6.54 Å². The molecule has 0 fully saturated rings. The number of benzene rings is 1. The number of hydrogen-bond donors (Lipinski definition) is 2. The summed E-state index contributed by atoms with van der Waals surface area (Å²) in [5.74, 6) is -0.210. The highest BCUT2D eigenvalue weighted by Crippen LogP contribution is 2.13. The Morgan fingerprint density at radius 1 is 1.22 bits per heavy atom. The maximum atomic E-state index is 13.0. The van der Waals surface area contributed by atoms with Crippen molar-refractivity contribution in [3.05, 3.63) is 30.1 Å². The minimum absolute atomic E-state index is 0.210. The van der Waals surface area contributed by atoms with Gasteiger partial charge in [0.1, 0.15) is 5.82 Å². The molecule has 1 aromatic rings. The maximum absolute atomic E-state index is 13.0. The topological polar surface area (TPSA) is 38.0 Å². The summed E-state index contributed by atoms with van der Waals surface area (Å²) in [5.41, 5.74) is 6.56. The van der Waals surface area contributed by atoms with Crippen molar-refractivity contribution < 1.29 is 4.39 Å². The molecule has 1 atom stereocenters. The predicted octanol–water partition coefficient (Wildman–Crippen LogP) is 3.93. The number of anilines is 1. The first kappa shape index (κ1) is 15.0. The fourth-order valence-electron chi connectivity index (χ4n) is 2.06. The summed E-state index contributed by atoms with van der Waals surface area (Å²) in [7, 11) is 0. The summed E-state index contributed by atoms with van der Waals surface area (Å²) in [5, 5.41) is 3.30. The van der Waals surface area contributed by atoms with Crippen LogP contribution in [0, 0.1) is 5.82 Å². The van der Waals surface area contributed by atoms with Gasteiger partial charge in [-0.1, -0.05) is 45.1 Å². The van der Waals surface area contributed by atoms with Gasteiger partial charge in [-0.25, -0.2) is 4.39 Å². The molecule has 3 N–H and O–H groups in total. The second-order valence-corrected chi connectivity index (χ2v) is 4.79. The monoisotopic (exact) mass is 252 g/mol. The van der Waals surface area contributed by atoms with Crippen molar-refractivity contribution in [3.63, 3.8) is 0 Å². The van der Waals surface area contributed by atoms with Crippen LogP contribution >= 0.6 is 0 Å². The molecule has 0 aliphatic carbocycles. The molecule has 1 rings (SSSR count). The van der Waals surface area contributed by atoms with Gasteiger partial charge in [0.2, 0.25) is 0 Å². The van der Waals surface area contributed by atoms with Gasteiger partial charge in [0.05, 0.1) is 0 Å². The first-order chi connectivity index (χ1) is 8.76. The minimum Gasteiger partial charge on any atom is -0.381 e. The van der Waals surface area contributed by atoms with Crippen LogP contribution in [0.1, 0.15) is 45.4 Å². The molecular formula is C15H25FN2. The number of hydrogen-bond acceptors (Lipinski definition) is 2. The molecule has 3 heteroatoms. The van der Waals surface area contributed by atoms with Gasteiger partial charge in [0.25, 0.3) is 0 Å². The highest BCUT2D eigenvalue weighted by molar-refractivity contribution is 5.44. The Bertz CT molecular complexity index is 328.